The predicted octanol–water partition coefficient (Wildman–Crippen LogP) is 0.117. The maximum absolute atomic E-state index is 14.8. The van der Waals surface area contributed by atoms with Crippen LogP contribution in [0.4, 0.5) is 4.39 Å². The first-order valence-electron chi connectivity index (χ1n) is 7.18. The predicted molar refractivity (Wildman–Crippen MR) is 80.0 cm³/mol. The summed E-state index contributed by atoms with van der Waals surface area (Å²) in [5.74, 6) is -2.52. The zero-order valence-electron chi connectivity index (χ0n) is 13.5. The summed E-state index contributed by atoms with van der Waals surface area (Å²) in [4.78, 5) is 9.72. The number of halogens is 1. The molecule has 0 spiro atoms. The summed E-state index contributed by atoms with van der Waals surface area (Å²) in [7, 11) is -1.53. The fourth-order valence-electron chi connectivity index (χ4n) is 2.30. The highest BCUT2D eigenvalue weighted by atomic mass is 31.2. The van der Waals surface area contributed by atoms with Crippen molar-refractivity contribution in [1.82, 2.24) is 0 Å². The number of ether oxygens (including phenoxy) is 2. The van der Waals surface area contributed by atoms with Crippen molar-refractivity contribution in [2.45, 2.75) is 69.1 Å². The van der Waals surface area contributed by atoms with E-state index in [-0.39, 0.29) is 6.42 Å². The van der Waals surface area contributed by atoms with Gasteiger partial charge in [0.1, 0.15) is 20.1 Å². The lowest BCUT2D eigenvalue weighted by Crippen LogP contribution is -2.39. The lowest BCUT2D eigenvalue weighted by atomic mass is 9.92. The summed E-state index contributed by atoms with van der Waals surface area (Å²) >= 11 is 0. The van der Waals surface area contributed by atoms with E-state index in [1.54, 1.807) is 7.85 Å². The highest BCUT2D eigenvalue weighted by Gasteiger charge is 2.50. The molecule has 0 aromatic heterocycles. The molecule has 0 radical (unpaired) electrons. The Hall–Kier alpha value is -0.0151. The van der Waals surface area contributed by atoms with Gasteiger partial charge in [-0.05, 0) is 13.8 Å². The van der Waals surface area contributed by atoms with Gasteiger partial charge in [-0.25, -0.2) is 4.39 Å². The number of hydrogen-bond donors (Lipinski definition) is 3. The second-order valence-electron chi connectivity index (χ2n) is 6.12. The van der Waals surface area contributed by atoms with Crippen molar-refractivity contribution in [2.24, 2.45) is 0 Å². The zero-order chi connectivity index (χ0) is 17.3. The molecule has 2 unspecified atom stereocenters. The average molecular weight is 342 g/mol. The van der Waals surface area contributed by atoms with Gasteiger partial charge in [0.25, 0.3) is 0 Å². The van der Waals surface area contributed by atoms with Crippen molar-refractivity contribution in [3.05, 3.63) is 0 Å². The topological polar surface area (TPSA) is 105 Å². The van der Waals surface area contributed by atoms with Gasteiger partial charge in [0, 0.05) is 20.0 Å². The van der Waals surface area contributed by atoms with Crippen LogP contribution in [0.5, 0.6) is 0 Å². The van der Waals surface area contributed by atoms with Crippen molar-refractivity contribution >= 4 is 15.4 Å². The molecule has 0 aliphatic carbocycles. The van der Waals surface area contributed by atoms with E-state index in [1.807, 2.05) is 0 Å². The third kappa shape index (κ3) is 4.29. The van der Waals surface area contributed by atoms with Crippen LogP contribution < -0.4 is 0 Å². The molecule has 3 N–H and O–H groups in total. The van der Waals surface area contributed by atoms with E-state index in [4.69, 9.17) is 14.0 Å². The molecule has 6 atom stereocenters. The van der Waals surface area contributed by atoms with Gasteiger partial charge in [0.05, 0.1) is 12.1 Å². The summed E-state index contributed by atoms with van der Waals surface area (Å²) in [6.07, 6.45) is -3.32. The Morgan fingerprint density at radius 2 is 2.00 bits per heavy atom. The van der Waals surface area contributed by atoms with E-state index in [1.165, 1.54) is 14.0 Å². The van der Waals surface area contributed by atoms with E-state index in [0.717, 1.165) is 13.8 Å². The van der Waals surface area contributed by atoms with Gasteiger partial charge < -0.3 is 24.6 Å². The molecule has 1 saturated heterocycles. The Kier molecular flexibility index (Phi) is 6.23. The summed E-state index contributed by atoms with van der Waals surface area (Å²) in [5, 5.41) is 17.6. The van der Waals surface area contributed by atoms with Gasteiger partial charge in [0.2, 0.25) is 5.85 Å². The van der Waals surface area contributed by atoms with Gasteiger partial charge in [-0.2, -0.15) is 0 Å². The van der Waals surface area contributed by atoms with Crippen LogP contribution in [-0.2, 0) is 18.6 Å². The fourth-order valence-corrected chi connectivity index (χ4v) is 3.17. The monoisotopic (exact) mass is 342 g/mol. The first-order chi connectivity index (χ1) is 9.87. The molecule has 1 aliphatic rings. The Labute approximate surface area is 130 Å². The number of hydrogen-bond acceptors (Lipinski definition) is 6. The van der Waals surface area contributed by atoms with Crippen molar-refractivity contribution in [1.29, 1.82) is 0 Å². The third-order valence-electron chi connectivity index (χ3n) is 3.85. The van der Waals surface area contributed by atoms with Gasteiger partial charge in [0.15, 0.2) is 5.34 Å². The molecule has 0 amide bonds. The molecule has 1 aliphatic heterocycles. The van der Waals surface area contributed by atoms with Crippen molar-refractivity contribution in [2.75, 3.05) is 7.11 Å². The van der Waals surface area contributed by atoms with Crippen molar-refractivity contribution < 1.29 is 38.1 Å². The number of aliphatic hydroxyl groups is 2. The van der Waals surface area contributed by atoms with Gasteiger partial charge in [-0.3, -0.25) is 9.09 Å². The summed E-state index contributed by atoms with van der Waals surface area (Å²) in [6, 6.07) is -0.443. The Morgan fingerprint density at radius 3 is 2.36 bits per heavy atom. The lowest BCUT2D eigenvalue weighted by Gasteiger charge is -2.33. The summed E-state index contributed by atoms with van der Waals surface area (Å²) in [6.45, 7) is 3.56. The van der Waals surface area contributed by atoms with Crippen LogP contribution in [0.1, 0.15) is 33.6 Å². The first-order valence-corrected chi connectivity index (χ1v) is 8.76. The maximum Gasteiger partial charge on any atom is 0.361 e. The molecule has 0 saturated carbocycles. The number of rotatable bonds is 7. The van der Waals surface area contributed by atoms with Gasteiger partial charge in [-0.1, -0.05) is 6.92 Å². The van der Waals surface area contributed by atoms with E-state index in [2.05, 4.69) is 0 Å². The summed E-state index contributed by atoms with van der Waals surface area (Å²) < 4.78 is 42.0. The highest BCUT2D eigenvalue weighted by molar-refractivity contribution is 7.54. The van der Waals surface area contributed by atoms with E-state index in [0.29, 0.717) is 0 Å². The van der Waals surface area contributed by atoms with Crippen LogP contribution >= 0.6 is 7.60 Å². The average Bonchev–Trinajstić information content (AvgIpc) is 2.61. The van der Waals surface area contributed by atoms with Gasteiger partial charge >= 0.3 is 7.60 Å². The number of alkyl halides is 1. The minimum Gasteiger partial charge on any atom is -0.388 e. The molecular formula is C12H25BFO7P. The number of methoxy groups -OCH3 is 1. The highest BCUT2D eigenvalue weighted by Crippen LogP contribution is 2.57. The Bertz CT molecular complexity index is 432. The van der Waals surface area contributed by atoms with Crippen LogP contribution in [0, 0.1) is 0 Å². The molecule has 0 aromatic rings. The van der Waals surface area contributed by atoms with E-state index >= 15 is 0 Å². The Balaban J connectivity index is 2.86. The lowest BCUT2D eigenvalue weighted by molar-refractivity contribution is -0.124. The van der Waals surface area contributed by atoms with Crippen molar-refractivity contribution in [3.8, 4) is 0 Å². The first kappa shape index (κ1) is 20.0. The third-order valence-corrected chi connectivity index (χ3v) is 5.81. The minimum absolute atomic E-state index is 0.244. The molecule has 1 fully saturated rings. The molecule has 7 nitrogen and oxygen atoms in total. The van der Waals surface area contributed by atoms with Crippen LogP contribution in [-0.4, -0.2) is 65.6 Å². The standard InChI is InChI=1S/C12H25BFO7P/c1-5-12(14,21-22(17,18)11(2,3)16)6-7-8(15)9(19-4)10(13)20-7/h7-10,15-16H,5-6,13H2,1-4H3,(H,17,18)/t7-,8-,9-,10-,12?/m1/s1. The number of aliphatic hydroxyl groups excluding tert-OH is 1. The van der Waals surface area contributed by atoms with Crippen LogP contribution in [0.3, 0.4) is 0 Å². The molecule has 130 valence electrons. The molecule has 1 rings (SSSR count). The Morgan fingerprint density at radius 1 is 1.45 bits per heavy atom. The van der Waals surface area contributed by atoms with Crippen molar-refractivity contribution in [3.63, 3.8) is 0 Å². The zero-order valence-corrected chi connectivity index (χ0v) is 14.4. The molecule has 0 bridgehead atoms. The van der Waals surface area contributed by atoms with Gasteiger partial charge in [-0.15, -0.1) is 0 Å². The summed E-state index contributed by atoms with van der Waals surface area (Å²) in [5.41, 5.74) is 0. The molecule has 10 heteroatoms. The normalized spacial score (nSPS) is 35.1. The molecule has 0 aromatic carbocycles. The van der Waals surface area contributed by atoms with E-state index in [9.17, 15) is 24.1 Å². The molecule has 1 heterocycles. The second kappa shape index (κ2) is 6.85. The second-order valence-corrected chi connectivity index (χ2v) is 8.44. The van der Waals surface area contributed by atoms with Crippen LogP contribution in [0.25, 0.3) is 0 Å². The molecule has 22 heavy (non-hydrogen) atoms. The quantitative estimate of drug-likeness (QED) is 0.446. The van der Waals surface area contributed by atoms with E-state index < -0.39 is 49.5 Å². The van der Waals surface area contributed by atoms with Crippen LogP contribution in [0.15, 0.2) is 0 Å². The SMILES string of the molecule is B[C@@H]1O[C@H](CC(F)(CC)OP(=O)(O)C(C)(C)O)[C@@H](O)[C@H]1OC. The smallest absolute Gasteiger partial charge is 0.361 e. The largest absolute Gasteiger partial charge is 0.388 e. The fraction of sp³-hybridized carbons (Fsp3) is 1.00. The minimum atomic E-state index is -4.62. The maximum atomic E-state index is 14.8. The van der Waals surface area contributed by atoms with Crippen LogP contribution in [0.2, 0.25) is 0 Å². The molecular weight excluding hydrogens is 317 g/mol.